The first-order valence-electron chi connectivity index (χ1n) is 8.61. The molecule has 22 heavy (non-hydrogen) atoms. The topological polar surface area (TPSA) is 26.7 Å². The Morgan fingerprint density at radius 3 is 2.14 bits per heavy atom. The number of aliphatic hydroxyl groups is 1. The van der Waals surface area contributed by atoms with Gasteiger partial charge in [-0.2, -0.15) is 0 Å². The van der Waals surface area contributed by atoms with Crippen molar-refractivity contribution in [3.63, 3.8) is 0 Å². The second-order valence-electron chi connectivity index (χ2n) is 7.29. The summed E-state index contributed by atoms with van der Waals surface area (Å²) in [5.41, 5.74) is 1.14. The molecule has 1 saturated carbocycles. The van der Waals surface area contributed by atoms with Crippen molar-refractivity contribution in [2.45, 2.75) is 37.8 Å². The lowest BCUT2D eigenvalue weighted by Gasteiger charge is -2.38. The van der Waals surface area contributed by atoms with E-state index in [1.54, 1.807) is 12.1 Å². The maximum Gasteiger partial charge on any atom is 0.123 e. The van der Waals surface area contributed by atoms with E-state index in [1.807, 2.05) is 12.1 Å². The Balaban J connectivity index is 1.32. The average molecular weight is 304 g/mol. The van der Waals surface area contributed by atoms with Crippen molar-refractivity contribution in [3.8, 4) is 0 Å². The van der Waals surface area contributed by atoms with E-state index >= 15 is 0 Å². The minimum Gasteiger partial charge on any atom is -0.393 e. The first-order chi connectivity index (χ1) is 10.7. The van der Waals surface area contributed by atoms with E-state index < -0.39 is 0 Å². The monoisotopic (exact) mass is 304 g/mol. The van der Waals surface area contributed by atoms with Crippen LogP contribution in [0.15, 0.2) is 24.3 Å². The van der Waals surface area contributed by atoms with Gasteiger partial charge in [0.2, 0.25) is 0 Å². The second-order valence-corrected chi connectivity index (χ2v) is 7.29. The van der Waals surface area contributed by atoms with Crippen LogP contribution in [0.1, 0.15) is 25.7 Å². The molecule has 0 radical (unpaired) electrons. The third-order valence-electron chi connectivity index (χ3n) is 5.93. The van der Waals surface area contributed by atoms with Crippen molar-refractivity contribution < 1.29 is 9.50 Å². The van der Waals surface area contributed by atoms with Crippen LogP contribution in [0.2, 0.25) is 0 Å². The zero-order valence-electron chi connectivity index (χ0n) is 13.0. The number of fused-ring (bicyclic) bond motifs is 1. The minimum atomic E-state index is -0.163. The molecule has 0 spiro atoms. The van der Waals surface area contributed by atoms with Gasteiger partial charge in [0, 0.05) is 37.9 Å². The highest BCUT2D eigenvalue weighted by Crippen LogP contribution is 2.40. The predicted octanol–water partition coefficient (Wildman–Crippen LogP) is 2.50. The van der Waals surface area contributed by atoms with Crippen LogP contribution in [0.3, 0.4) is 0 Å². The van der Waals surface area contributed by atoms with Crippen LogP contribution in [-0.2, 0) is 0 Å². The number of piperidine rings is 1. The lowest BCUT2D eigenvalue weighted by atomic mass is 10.0. The third-order valence-corrected chi connectivity index (χ3v) is 5.93. The van der Waals surface area contributed by atoms with Crippen LogP contribution in [0.25, 0.3) is 0 Å². The number of benzene rings is 1. The van der Waals surface area contributed by atoms with E-state index in [1.165, 1.54) is 25.9 Å². The molecule has 3 nitrogen and oxygen atoms in total. The Bertz CT molecular complexity index is 498. The lowest BCUT2D eigenvalue weighted by Crippen LogP contribution is -2.44. The molecule has 0 bridgehead atoms. The van der Waals surface area contributed by atoms with Crippen LogP contribution in [0.5, 0.6) is 0 Å². The van der Waals surface area contributed by atoms with Gasteiger partial charge < -0.3 is 10.0 Å². The zero-order valence-corrected chi connectivity index (χ0v) is 13.0. The van der Waals surface area contributed by atoms with Crippen molar-refractivity contribution in [2.24, 2.45) is 11.8 Å². The molecule has 120 valence electrons. The van der Waals surface area contributed by atoms with Gasteiger partial charge in [-0.1, -0.05) is 0 Å². The van der Waals surface area contributed by atoms with Crippen LogP contribution in [0.4, 0.5) is 10.1 Å². The zero-order chi connectivity index (χ0) is 15.1. The molecule has 4 heteroatoms. The maximum atomic E-state index is 13.0. The Hall–Kier alpha value is -1.13. The van der Waals surface area contributed by atoms with Crippen molar-refractivity contribution in [1.29, 1.82) is 0 Å². The molecule has 4 rings (SSSR count). The van der Waals surface area contributed by atoms with Crippen molar-refractivity contribution in [3.05, 3.63) is 30.1 Å². The lowest BCUT2D eigenvalue weighted by molar-refractivity contribution is 0.144. The number of nitrogens with zero attached hydrogens (tertiary/aromatic N) is 2. The SMILES string of the molecule is OC1C[C@@H]2CN(C3CCN(c4ccc(F)cc4)CC3)C[C@@H]2C1. The molecule has 3 fully saturated rings. The van der Waals surface area contributed by atoms with E-state index in [-0.39, 0.29) is 11.9 Å². The van der Waals surface area contributed by atoms with Crippen molar-refractivity contribution >= 4 is 5.69 Å². The fraction of sp³-hybridized carbons (Fsp3) is 0.667. The maximum absolute atomic E-state index is 13.0. The van der Waals surface area contributed by atoms with Crippen LogP contribution in [0, 0.1) is 17.7 Å². The fourth-order valence-corrected chi connectivity index (χ4v) is 4.74. The summed E-state index contributed by atoms with van der Waals surface area (Å²) in [5.74, 6) is 1.29. The van der Waals surface area contributed by atoms with Gasteiger partial charge in [0.05, 0.1) is 6.10 Å². The Morgan fingerprint density at radius 2 is 1.55 bits per heavy atom. The molecule has 0 aromatic heterocycles. The molecular formula is C18H25FN2O. The van der Waals surface area contributed by atoms with Gasteiger partial charge in [-0.05, 0) is 61.8 Å². The summed E-state index contributed by atoms with van der Waals surface area (Å²) in [4.78, 5) is 5.04. The number of likely N-dealkylation sites (tertiary alicyclic amines) is 1. The highest BCUT2D eigenvalue weighted by molar-refractivity contribution is 5.46. The van der Waals surface area contributed by atoms with E-state index in [0.717, 1.165) is 43.5 Å². The van der Waals surface area contributed by atoms with Crippen molar-refractivity contribution in [2.75, 3.05) is 31.1 Å². The standard InChI is InChI=1S/C18H25FN2O/c19-15-1-3-16(4-2-15)20-7-5-17(6-8-20)21-11-13-9-18(22)10-14(13)12-21/h1-4,13-14,17-18,22H,5-12H2/t13-,14+,18?. The number of aliphatic hydroxyl groups excluding tert-OH is 1. The largest absolute Gasteiger partial charge is 0.393 e. The molecule has 2 saturated heterocycles. The molecule has 2 heterocycles. The summed E-state index contributed by atoms with van der Waals surface area (Å²) in [5, 5.41) is 9.76. The smallest absolute Gasteiger partial charge is 0.123 e. The minimum absolute atomic E-state index is 0.0440. The summed E-state index contributed by atoms with van der Waals surface area (Å²) in [6.07, 6.45) is 4.36. The van der Waals surface area contributed by atoms with E-state index in [0.29, 0.717) is 6.04 Å². The Morgan fingerprint density at radius 1 is 0.955 bits per heavy atom. The van der Waals surface area contributed by atoms with Gasteiger partial charge in [0.1, 0.15) is 5.82 Å². The van der Waals surface area contributed by atoms with Crippen molar-refractivity contribution in [1.82, 2.24) is 4.90 Å². The number of halogens is 1. The molecular weight excluding hydrogens is 279 g/mol. The number of hydrogen-bond donors (Lipinski definition) is 1. The molecule has 1 unspecified atom stereocenters. The van der Waals surface area contributed by atoms with Gasteiger partial charge in [0.25, 0.3) is 0 Å². The molecule has 1 aliphatic carbocycles. The Kier molecular flexibility index (Phi) is 3.82. The average Bonchev–Trinajstić information content (AvgIpc) is 3.05. The fourth-order valence-electron chi connectivity index (χ4n) is 4.74. The summed E-state index contributed by atoms with van der Waals surface area (Å²) in [6.45, 7) is 4.49. The molecule has 0 amide bonds. The number of anilines is 1. The Labute approximate surface area is 131 Å². The molecule has 2 aliphatic heterocycles. The third kappa shape index (κ3) is 2.74. The normalized spacial score (nSPS) is 33.4. The second kappa shape index (κ2) is 5.82. The summed E-state index contributed by atoms with van der Waals surface area (Å²) >= 11 is 0. The number of rotatable bonds is 2. The summed E-state index contributed by atoms with van der Waals surface area (Å²) < 4.78 is 13.0. The van der Waals surface area contributed by atoms with Crippen LogP contribution in [-0.4, -0.2) is 48.3 Å². The highest BCUT2D eigenvalue weighted by atomic mass is 19.1. The van der Waals surface area contributed by atoms with Gasteiger partial charge in [0.15, 0.2) is 0 Å². The summed E-state index contributed by atoms with van der Waals surface area (Å²) in [6, 6.07) is 7.57. The molecule has 1 N–H and O–H groups in total. The molecule has 1 aromatic carbocycles. The van der Waals surface area contributed by atoms with Gasteiger partial charge in [-0.15, -0.1) is 0 Å². The van der Waals surface area contributed by atoms with E-state index in [2.05, 4.69) is 9.80 Å². The van der Waals surface area contributed by atoms with Gasteiger partial charge in [-0.3, -0.25) is 4.90 Å². The van der Waals surface area contributed by atoms with Gasteiger partial charge in [-0.25, -0.2) is 4.39 Å². The highest BCUT2D eigenvalue weighted by Gasteiger charge is 2.42. The summed E-state index contributed by atoms with van der Waals surface area (Å²) in [7, 11) is 0. The number of hydrogen-bond acceptors (Lipinski definition) is 3. The van der Waals surface area contributed by atoms with Crippen LogP contribution < -0.4 is 4.90 Å². The van der Waals surface area contributed by atoms with Gasteiger partial charge >= 0.3 is 0 Å². The first-order valence-corrected chi connectivity index (χ1v) is 8.61. The molecule has 3 aliphatic rings. The predicted molar refractivity (Wildman–Crippen MR) is 85.4 cm³/mol. The van der Waals surface area contributed by atoms with E-state index in [9.17, 15) is 9.50 Å². The van der Waals surface area contributed by atoms with Crippen LogP contribution >= 0.6 is 0 Å². The molecule has 1 aromatic rings. The first kappa shape index (κ1) is 14.5. The van der Waals surface area contributed by atoms with E-state index in [4.69, 9.17) is 0 Å². The quantitative estimate of drug-likeness (QED) is 0.909. The molecule has 3 atom stereocenters.